The second-order valence-electron chi connectivity index (χ2n) is 15.1. The molecule has 0 radical (unpaired) electrons. The van der Waals surface area contributed by atoms with Crippen molar-refractivity contribution in [3.05, 3.63) is 41.5 Å². The SMILES string of the molecule is CCN(C(=O)OC(C)(C)C)c1cc2c(c(O[Si](C)(C)C(C)(C)C)c1)C(=O)O[C@@H](C)[C@H](C)/C=C\C(O)[C@H]1OC(C)(C)O[C@H]1CC=C2. The first kappa shape index (κ1) is 36.8. The number of aliphatic hydroxyl groups is 1. The van der Waals surface area contributed by atoms with Gasteiger partial charge in [-0.2, -0.15) is 0 Å². The smallest absolute Gasteiger partial charge is 0.414 e. The maximum atomic E-state index is 14.0. The van der Waals surface area contributed by atoms with Crippen molar-refractivity contribution in [3.8, 4) is 5.75 Å². The Balaban J connectivity index is 2.26. The number of hydrogen-bond acceptors (Lipinski definition) is 8. The van der Waals surface area contributed by atoms with E-state index in [2.05, 4.69) is 33.9 Å². The number of esters is 1. The lowest BCUT2D eigenvalue weighted by molar-refractivity contribution is -0.152. The van der Waals surface area contributed by atoms with E-state index in [0.717, 1.165) is 0 Å². The van der Waals surface area contributed by atoms with Crippen molar-refractivity contribution in [2.45, 2.75) is 137 Å². The molecule has 252 valence electrons. The number of fused-ring (bicyclic) bond motifs is 2. The summed E-state index contributed by atoms with van der Waals surface area (Å²) in [5.74, 6) is -1.23. The van der Waals surface area contributed by atoms with Gasteiger partial charge in [-0.3, -0.25) is 4.90 Å². The van der Waals surface area contributed by atoms with Crippen molar-refractivity contribution in [1.82, 2.24) is 0 Å². The molecule has 1 aromatic carbocycles. The molecule has 1 saturated heterocycles. The number of aliphatic hydroxyl groups excluding tert-OH is 1. The summed E-state index contributed by atoms with van der Waals surface area (Å²) >= 11 is 0. The van der Waals surface area contributed by atoms with Crippen molar-refractivity contribution in [1.29, 1.82) is 0 Å². The van der Waals surface area contributed by atoms with Crippen LogP contribution >= 0.6 is 0 Å². The van der Waals surface area contributed by atoms with Gasteiger partial charge >= 0.3 is 12.1 Å². The third kappa shape index (κ3) is 9.21. The number of rotatable bonds is 4. The molecule has 1 aromatic rings. The molecule has 0 aromatic heterocycles. The minimum absolute atomic E-state index is 0.165. The van der Waals surface area contributed by atoms with Crippen molar-refractivity contribution in [3.63, 3.8) is 0 Å². The number of benzene rings is 1. The summed E-state index contributed by atoms with van der Waals surface area (Å²) in [4.78, 5) is 28.9. The largest absolute Gasteiger partial charge is 0.543 e. The first-order valence-corrected chi connectivity index (χ1v) is 18.9. The van der Waals surface area contributed by atoms with E-state index < -0.39 is 56.2 Å². The van der Waals surface area contributed by atoms with Crippen LogP contribution in [0.1, 0.15) is 98.5 Å². The van der Waals surface area contributed by atoms with Crippen molar-refractivity contribution >= 4 is 32.1 Å². The Morgan fingerprint density at radius 1 is 1.09 bits per heavy atom. The van der Waals surface area contributed by atoms with E-state index in [1.54, 1.807) is 18.2 Å². The Hall–Kier alpha value is -2.66. The average Bonchev–Trinajstić information content (AvgIpc) is 3.19. The minimum atomic E-state index is -2.47. The zero-order valence-electron chi connectivity index (χ0n) is 29.5. The van der Waals surface area contributed by atoms with Gasteiger partial charge < -0.3 is 28.5 Å². The summed E-state index contributed by atoms with van der Waals surface area (Å²) in [5, 5.41) is 10.9. The fourth-order valence-corrected chi connectivity index (χ4v) is 5.94. The second kappa shape index (κ2) is 13.6. The van der Waals surface area contributed by atoms with E-state index >= 15 is 0 Å². The summed E-state index contributed by atoms with van der Waals surface area (Å²) in [6.07, 6.45) is 4.73. The van der Waals surface area contributed by atoms with E-state index in [1.807, 2.05) is 73.6 Å². The number of ether oxygens (including phenoxy) is 4. The molecule has 0 spiro atoms. The van der Waals surface area contributed by atoms with Gasteiger partial charge in [0.05, 0.1) is 11.8 Å². The van der Waals surface area contributed by atoms with Crippen molar-refractivity contribution < 1.29 is 38.1 Å². The first-order chi connectivity index (χ1) is 20.5. The Morgan fingerprint density at radius 2 is 1.73 bits per heavy atom. The lowest BCUT2D eigenvalue weighted by atomic mass is 9.98. The molecule has 10 heteroatoms. The van der Waals surface area contributed by atoms with Gasteiger partial charge in [-0.25, -0.2) is 9.59 Å². The number of anilines is 1. The standard InChI is InChI=1S/C35H55NO8Si/c1-14-36(32(39)43-33(4,5)6)25-20-24-16-15-17-27-30(42-35(10,11)41-27)26(37)19-18-22(2)23(3)40-31(38)29(24)28(21-25)44-45(12,13)34(7,8)9/h15-16,18-23,26-27,30,37H,14,17H2,1-13H3/b16-15?,19-18-/t22-,23+,26?,27+,30-/m1/s1. The third-order valence-corrected chi connectivity index (χ3v) is 12.9. The maximum Gasteiger partial charge on any atom is 0.414 e. The number of carbonyl (C=O) groups excluding carboxylic acids is 2. The monoisotopic (exact) mass is 645 g/mol. The van der Waals surface area contributed by atoms with Gasteiger partial charge in [-0.1, -0.05) is 52.0 Å². The van der Waals surface area contributed by atoms with Crippen LogP contribution in [0.3, 0.4) is 0 Å². The second-order valence-corrected chi connectivity index (χ2v) is 19.8. The van der Waals surface area contributed by atoms with Gasteiger partial charge in [0.25, 0.3) is 8.32 Å². The Morgan fingerprint density at radius 3 is 2.31 bits per heavy atom. The molecule has 2 heterocycles. The lowest BCUT2D eigenvalue weighted by Crippen LogP contribution is -2.44. The Kier molecular flexibility index (Phi) is 11.1. The molecule has 1 amide bonds. The molecule has 2 aliphatic rings. The van der Waals surface area contributed by atoms with Crippen molar-refractivity contribution in [2.24, 2.45) is 5.92 Å². The van der Waals surface area contributed by atoms with Crippen LogP contribution in [0.2, 0.25) is 18.1 Å². The lowest BCUT2D eigenvalue weighted by Gasteiger charge is -2.37. The molecule has 0 aliphatic carbocycles. The zero-order valence-corrected chi connectivity index (χ0v) is 30.5. The van der Waals surface area contributed by atoms with Gasteiger partial charge in [-0.05, 0) is 84.6 Å². The number of carbonyl (C=O) groups is 2. The fourth-order valence-electron chi connectivity index (χ4n) is 4.92. The van der Waals surface area contributed by atoms with Crippen LogP contribution in [0.4, 0.5) is 10.5 Å². The summed E-state index contributed by atoms with van der Waals surface area (Å²) < 4.78 is 30.9. The molecule has 2 aliphatic heterocycles. The van der Waals surface area contributed by atoms with Crippen LogP contribution in [0.25, 0.3) is 6.08 Å². The predicted octanol–water partition coefficient (Wildman–Crippen LogP) is 7.87. The van der Waals surface area contributed by atoms with Crippen LogP contribution < -0.4 is 9.33 Å². The molecular weight excluding hydrogens is 590 g/mol. The molecule has 1 N–H and O–H groups in total. The van der Waals surface area contributed by atoms with Gasteiger partial charge in [-0.15, -0.1) is 0 Å². The maximum absolute atomic E-state index is 14.0. The molecule has 0 bridgehead atoms. The summed E-state index contributed by atoms with van der Waals surface area (Å²) in [7, 11) is -2.47. The van der Waals surface area contributed by atoms with E-state index in [-0.39, 0.29) is 11.0 Å². The van der Waals surface area contributed by atoms with Crippen LogP contribution in [0, 0.1) is 5.92 Å². The quantitative estimate of drug-likeness (QED) is 0.201. The van der Waals surface area contributed by atoms with Crippen LogP contribution in [-0.4, -0.2) is 67.8 Å². The molecule has 9 nitrogen and oxygen atoms in total. The minimum Gasteiger partial charge on any atom is -0.543 e. The van der Waals surface area contributed by atoms with E-state index in [4.69, 9.17) is 23.4 Å². The predicted molar refractivity (Wildman–Crippen MR) is 180 cm³/mol. The summed E-state index contributed by atoms with van der Waals surface area (Å²) in [6, 6.07) is 3.54. The highest BCUT2D eigenvalue weighted by Gasteiger charge is 2.44. The Labute approximate surface area is 271 Å². The topological polar surface area (TPSA) is 104 Å². The summed E-state index contributed by atoms with van der Waals surface area (Å²) in [5.41, 5.74) is 0.677. The highest BCUT2D eigenvalue weighted by Crippen LogP contribution is 2.41. The molecule has 0 saturated carbocycles. The van der Waals surface area contributed by atoms with Gasteiger partial charge in [0.15, 0.2) is 5.79 Å². The van der Waals surface area contributed by atoms with Crippen LogP contribution in [0.5, 0.6) is 5.75 Å². The van der Waals surface area contributed by atoms with Gasteiger partial charge in [0.1, 0.15) is 35.2 Å². The summed E-state index contributed by atoms with van der Waals surface area (Å²) in [6.45, 7) is 25.7. The molecule has 1 unspecified atom stereocenters. The van der Waals surface area contributed by atoms with Crippen LogP contribution in [0.15, 0.2) is 30.4 Å². The van der Waals surface area contributed by atoms with E-state index in [0.29, 0.717) is 35.5 Å². The number of cyclic esters (lactones) is 1. The van der Waals surface area contributed by atoms with Gasteiger partial charge in [0.2, 0.25) is 0 Å². The highest BCUT2D eigenvalue weighted by atomic mass is 28.4. The average molecular weight is 646 g/mol. The number of hydrogen-bond donors (Lipinski definition) is 1. The van der Waals surface area contributed by atoms with E-state index in [1.165, 1.54) is 4.90 Å². The van der Waals surface area contributed by atoms with Crippen LogP contribution in [-0.2, 0) is 18.9 Å². The third-order valence-electron chi connectivity index (χ3n) is 8.60. The first-order valence-electron chi connectivity index (χ1n) is 16.0. The molecule has 1 fully saturated rings. The molecule has 5 atom stereocenters. The zero-order chi connectivity index (χ0) is 34.1. The normalized spacial score (nSPS) is 26.6. The van der Waals surface area contributed by atoms with E-state index in [9.17, 15) is 14.7 Å². The fraction of sp³-hybridized carbons (Fsp3) is 0.657. The molecule has 3 rings (SSSR count). The number of nitrogens with zero attached hydrogens (tertiary/aromatic N) is 1. The van der Waals surface area contributed by atoms with Crippen molar-refractivity contribution in [2.75, 3.05) is 11.4 Å². The number of amides is 1. The molecular formula is C35H55NO8Si. The highest BCUT2D eigenvalue weighted by molar-refractivity contribution is 6.74. The Bertz CT molecular complexity index is 1290. The molecule has 45 heavy (non-hydrogen) atoms. The van der Waals surface area contributed by atoms with Gasteiger partial charge in [0, 0.05) is 18.5 Å².